The Kier molecular flexibility index (Phi) is 8.06. The van der Waals surface area contributed by atoms with Crippen LogP contribution in [0.5, 0.6) is 0 Å². The average molecular weight is 466 g/mol. The topological polar surface area (TPSA) is 116 Å². The highest BCUT2D eigenvalue weighted by atomic mass is 16.8. The molecule has 0 spiro atoms. The van der Waals surface area contributed by atoms with Crippen LogP contribution in [0.25, 0.3) is 0 Å². The van der Waals surface area contributed by atoms with Crippen molar-refractivity contribution in [2.45, 2.75) is 83.8 Å². The van der Waals surface area contributed by atoms with E-state index in [0.29, 0.717) is 0 Å². The van der Waals surface area contributed by atoms with E-state index in [1.54, 1.807) is 13.8 Å². The van der Waals surface area contributed by atoms with Crippen LogP contribution in [0, 0.1) is 0 Å². The van der Waals surface area contributed by atoms with Gasteiger partial charge >= 0.3 is 17.9 Å². The molecule has 1 aromatic carbocycles. The zero-order valence-corrected chi connectivity index (χ0v) is 19.3. The molecule has 33 heavy (non-hydrogen) atoms. The third-order valence-corrected chi connectivity index (χ3v) is 5.07. The van der Waals surface area contributed by atoms with E-state index in [9.17, 15) is 14.4 Å². The highest BCUT2D eigenvalue weighted by molar-refractivity contribution is 5.68. The van der Waals surface area contributed by atoms with Gasteiger partial charge < -0.3 is 33.2 Å². The van der Waals surface area contributed by atoms with Crippen molar-refractivity contribution >= 4 is 17.9 Å². The summed E-state index contributed by atoms with van der Waals surface area (Å²) < 4.78 is 40.0. The normalized spacial score (nSPS) is 27.3. The minimum absolute atomic E-state index is 0.230. The first-order chi connectivity index (χ1) is 15.6. The monoisotopic (exact) mass is 466 g/mol. The third kappa shape index (κ3) is 6.73. The molecular weight excluding hydrogens is 436 g/mol. The summed E-state index contributed by atoms with van der Waals surface area (Å²) in [5.41, 5.74) is 0.915. The molecule has 10 heteroatoms. The van der Waals surface area contributed by atoms with Gasteiger partial charge in [-0.2, -0.15) is 0 Å². The van der Waals surface area contributed by atoms with Gasteiger partial charge in [0.2, 0.25) is 0 Å². The number of rotatable bonds is 9. The molecular formula is C23H30O10. The van der Waals surface area contributed by atoms with Crippen LogP contribution in [0.3, 0.4) is 0 Å². The Morgan fingerprint density at radius 1 is 0.970 bits per heavy atom. The summed E-state index contributed by atoms with van der Waals surface area (Å²) in [4.78, 5) is 35.1. The Bertz CT molecular complexity index is 839. The summed E-state index contributed by atoms with van der Waals surface area (Å²) in [6.45, 7) is 7.04. The molecule has 0 amide bonds. The van der Waals surface area contributed by atoms with Crippen LogP contribution < -0.4 is 0 Å². The zero-order valence-electron chi connectivity index (χ0n) is 19.3. The lowest BCUT2D eigenvalue weighted by Crippen LogP contribution is -2.51. The number of carbonyl (C=O) groups is 3. The lowest BCUT2D eigenvalue weighted by Gasteiger charge is -2.34. The van der Waals surface area contributed by atoms with Crippen LogP contribution in [0.1, 0.15) is 40.2 Å². The molecule has 0 N–H and O–H groups in total. The van der Waals surface area contributed by atoms with Gasteiger partial charge in [-0.1, -0.05) is 30.3 Å². The van der Waals surface area contributed by atoms with E-state index in [1.165, 1.54) is 20.8 Å². The van der Waals surface area contributed by atoms with Crippen LogP contribution in [0.2, 0.25) is 0 Å². The Morgan fingerprint density at radius 3 is 2.24 bits per heavy atom. The van der Waals surface area contributed by atoms with Gasteiger partial charge in [-0.3, -0.25) is 14.4 Å². The molecule has 0 bridgehead atoms. The maximum atomic E-state index is 11.9. The van der Waals surface area contributed by atoms with Gasteiger partial charge in [0.05, 0.1) is 6.61 Å². The van der Waals surface area contributed by atoms with Crippen LogP contribution in [0.15, 0.2) is 30.3 Å². The van der Waals surface area contributed by atoms with Gasteiger partial charge in [0.1, 0.15) is 24.9 Å². The summed E-state index contributed by atoms with van der Waals surface area (Å²) in [5.74, 6) is -2.76. The van der Waals surface area contributed by atoms with E-state index in [-0.39, 0.29) is 13.2 Å². The molecule has 3 rings (SSSR count). The number of esters is 3. The number of carbonyl (C=O) groups excluding carboxylic acids is 3. The maximum Gasteiger partial charge on any atom is 0.303 e. The van der Waals surface area contributed by atoms with Crippen molar-refractivity contribution in [1.82, 2.24) is 0 Å². The smallest absolute Gasteiger partial charge is 0.303 e. The van der Waals surface area contributed by atoms with E-state index in [4.69, 9.17) is 33.2 Å². The number of hydrogen-bond donors (Lipinski definition) is 0. The van der Waals surface area contributed by atoms with Crippen molar-refractivity contribution < 1.29 is 47.5 Å². The maximum absolute atomic E-state index is 11.9. The zero-order chi connectivity index (χ0) is 24.2. The molecule has 2 unspecified atom stereocenters. The molecule has 1 aromatic rings. The molecule has 2 heterocycles. The highest BCUT2D eigenvalue weighted by Gasteiger charge is 2.59. The lowest BCUT2D eigenvalue weighted by atomic mass is 10.0. The average Bonchev–Trinajstić information content (AvgIpc) is 3.19. The fraction of sp³-hybridized carbons (Fsp3) is 0.609. The Hall–Kier alpha value is -2.53. The Balaban J connectivity index is 1.88. The second-order valence-corrected chi connectivity index (χ2v) is 8.35. The first-order valence-electron chi connectivity index (χ1n) is 10.7. The predicted molar refractivity (Wildman–Crippen MR) is 111 cm³/mol. The molecule has 2 aliphatic rings. The molecule has 6 atom stereocenters. The summed E-state index contributed by atoms with van der Waals surface area (Å²) in [6, 6.07) is 9.49. The Labute approximate surface area is 192 Å². The van der Waals surface area contributed by atoms with E-state index in [2.05, 4.69) is 0 Å². The van der Waals surface area contributed by atoms with E-state index >= 15 is 0 Å². The fourth-order valence-electron chi connectivity index (χ4n) is 3.88. The van der Waals surface area contributed by atoms with Crippen LogP contribution in [-0.4, -0.2) is 67.1 Å². The molecule has 0 saturated carbocycles. The van der Waals surface area contributed by atoms with Crippen LogP contribution in [0.4, 0.5) is 0 Å². The second-order valence-electron chi connectivity index (χ2n) is 8.35. The molecule has 2 fully saturated rings. The second kappa shape index (κ2) is 10.6. The van der Waals surface area contributed by atoms with Crippen molar-refractivity contribution in [3.63, 3.8) is 0 Å². The molecule has 2 aliphatic heterocycles. The van der Waals surface area contributed by atoms with Crippen LogP contribution in [-0.2, 0) is 54.1 Å². The van der Waals surface area contributed by atoms with Crippen molar-refractivity contribution in [2.75, 3.05) is 6.61 Å². The van der Waals surface area contributed by atoms with Gasteiger partial charge in [-0.15, -0.1) is 0 Å². The molecule has 10 nitrogen and oxygen atoms in total. The van der Waals surface area contributed by atoms with Gasteiger partial charge in [-0.05, 0) is 19.4 Å². The van der Waals surface area contributed by atoms with Gasteiger partial charge in [0.25, 0.3) is 0 Å². The van der Waals surface area contributed by atoms with Crippen molar-refractivity contribution in [1.29, 1.82) is 0 Å². The number of fused-ring (bicyclic) bond motifs is 1. The highest BCUT2D eigenvalue weighted by Crippen LogP contribution is 2.41. The SMILES string of the molecule is CC(=O)OCC(OC(C)=O)C(OC(C)=O)[C@H]1O[C@@H]2OC(C)(C)O[C@@H]2[C@H]1OCc1ccccc1. The molecule has 0 radical (unpaired) electrons. The van der Waals surface area contributed by atoms with E-state index in [0.717, 1.165) is 5.56 Å². The van der Waals surface area contributed by atoms with Gasteiger partial charge in [0.15, 0.2) is 24.3 Å². The first kappa shape index (κ1) is 25.1. The van der Waals surface area contributed by atoms with E-state index < -0.39 is 60.5 Å². The van der Waals surface area contributed by atoms with Crippen molar-refractivity contribution in [3.05, 3.63) is 35.9 Å². The number of hydrogen-bond acceptors (Lipinski definition) is 10. The quantitative estimate of drug-likeness (QED) is 0.394. The van der Waals surface area contributed by atoms with E-state index in [1.807, 2.05) is 30.3 Å². The van der Waals surface area contributed by atoms with Crippen LogP contribution >= 0.6 is 0 Å². The van der Waals surface area contributed by atoms with Gasteiger partial charge in [0, 0.05) is 20.8 Å². The Morgan fingerprint density at radius 2 is 1.64 bits per heavy atom. The summed E-state index contributed by atoms with van der Waals surface area (Å²) in [6.07, 6.45) is -5.36. The minimum Gasteiger partial charge on any atom is -0.462 e. The predicted octanol–water partition coefficient (Wildman–Crippen LogP) is 1.87. The third-order valence-electron chi connectivity index (χ3n) is 5.07. The van der Waals surface area contributed by atoms with Gasteiger partial charge in [-0.25, -0.2) is 0 Å². The standard InChI is InChI=1S/C23H30O10/c1-13(24)27-12-17(29-14(2)25)18(30-15(3)26)20-19(28-11-16-9-7-6-8-10-16)21-22(31-20)33-23(4,5)32-21/h6-10,17-22H,11-12H2,1-5H3/t17?,18?,19-,20+,21+,22+/m0/s1. The largest absolute Gasteiger partial charge is 0.462 e. The summed E-state index contributed by atoms with van der Waals surface area (Å²) in [7, 11) is 0. The lowest BCUT2D eigenvalue weighted by molar-refractivity contribution is -0.243. The molecule has 0 aliphatic carbocycles. The van der Waals surface area contributed by atoms with Crippen molar-refractivity contribution in [3.8, 4) is 0 Å². The summed E-state index contributed by atoms with van der Waals surface area (Å²) >= 11 is 0. The number of benzene rings is 1. The number of ether oxygens (including phenoxy) is 7. The molecule has 0 aromatic heterocycles. The molecule has 182 valence electrons. The molecule has 2 saturated heterocycles. The fourth-order valence-corrected chi connectivity index (χ4v) is 3.88. The minimum atomic E-state index is -1.15. The summed E-state index contributed by atoms with van der Waals surface area (Å²) in [5, 5.41) is 0. The first-order valence-corrected chi connectivity index (χ1v) is 10.7. The van der Waals surface area contributed by atoms with Crippen molar-refractivity contribution in [2.24, 2.45) is 0 Å².